The fourth-order valence-corrected chi connectivity index (χ4v) is 3.03. The first-order valence-corrected chi connectivity index (χ1v) is 7.59. The molecular formula is C14H14BrClN4. The fourth-order valence-electron chi connectivity index (χ4n) is 2.50. The molecule has 3 rings (SSSR count). The van der Waals surface area contributed by atoms with Crippen molar-refractivity contribution < 1.29 is 0 Å². The number of aromatic nitrogens is 4. The molecule has 0 amide bonds. The van der Waals surface area contributed by atoms with E-state index in [1.54, 1.807) is 0 Å². The van der Waals surface area contributed by atoms with Crippen molar-refractivity contribution in [3.8, 4) is 5.69 Å². The van der Waals surface area contributed by atoms with Gasteiger partial charge in [-0.2, -0.15) is 5.10 Å². The largest absolute Gasteiger partial charge is 0.280 e. The van der Waals surface area contributed by atoms with Gasteiger partial charge >= 0.3 is 0 Å². The summed E-state index contributed by atoms with van der Waals surface area (Å²) in [6.07, 6.45) is 0. The molecule has 0 saturated carbocycles. The summed E-state index contributed by atoms with van der Waals surface area (Å²) in [4.78, 5) is 4.63. The second-order valence-corrected chi connectivity index (χ2v) is 5.88. The van der Waals surface area contributed by atoms with Gasteiger partial charge in [0.15, 0.2) is 5.65 Å². The van der Waals surface area contributed by atoms with Gasteiger partial charge in [-0.15, -0.1) is 11.6 Å². The zero-order chi connectivity index (χ0) is 14.4. The van der Waals surface area contributed by atoms with Crippen molar-refractivity contribution >= 4 is 38.7 Å². The van der Waals surface area contributed by atoms with E-state index >= 15 is 0 Å². The molecule has 2 aromatic heterocycles. The smallest absolute Gasteiger partial charge is 0.163 e. The summed E-state index contributed by atoms with van der Waals surface area (Å²) >= 11 is 9.66. The first-order valence-electron chi connectivity index (χ1n) is 6.27. The van der Waals surface area contributed by atoms with Gasteiger partial charge in [0, 0.05) is 11.5 Å². The first-order chi connectivity index (χ1) is 9.54. The maximum absolute atomic E-state index is 6.08. The van der Waals surface area contributed by atoms with Gasteiger partial charge in [0.05, 0.1) is 17.3 Å². The Bertz CT molecular complexity index is 803. The third kappa shape index (κ3) is 1.88. The molecule has 6 heteroatoms. The topological polar surface area (TPSA) is 35.6 Å². The number of alkyl halides is 1. The number of hydrogen-bond acceptors (Lipinski definition) is 2. The van der Waals surface area contributed by atoms with Crippen LogP contribution in [0.5, 0.6) is 0 Å². The van der Waals surface area contributed by atoms with Crippen molar-refractivity contribution in [3.05, 3.63) is 39.8 Å². The molecule has 0 saturated heterocycles. The molecule has 104 valence electrons. The van der Waals surface area contributed by atoms with Gasteiger partial charge in [0.1, 0.15) is 11.3 Å². The third-order valence-corrected chi connectivity index (χ3v) is 4.57. The van der Waals surface area contributed by atoms with E-state index in [4.69, 9.17) is 11.6 Å². The summed E-state index contributed by atoms with van der Waals surface area (Å²) in [6.45, 7) is 4.04. The van der Waals surface area contributed by atoms with Crippen LogP contribution in [-0.2, 0) is 12.9 Å². The van der Waals surface area contributed by atoms with Gasteiger partial charge in [0.25, 0.3) is 0 Å². The Hall–Kier alpha value is -1.33. The Morgan fingerprint density at radius 1 is 1.30 bits per heavy atom. The predicted octanol–water partition coefficient (Wildman–Crippen LogP) is 3.88. The van der Waals surface area contributed by atoms with Crippen molar-refractivity contribution in [3.63, 3.8) is 0 Å². The highest BCUT2D eigenvalue weighted by Crippen LogP contribution is 2.29. The second-order valence-electron chi connectivity index (χ2n) is 4.76. The Morgan fingerprint density at radius 3 is 2.75 bits per heavy atom. The molecule has 1 aromatic carbocycles. The van der Waals surface area contributed by atoms with Crippen molar-refractivity contribution in [1.29, 1.82) is 0 Å². The van der Waals surface area contributed by atoms with Gasteiger partial charge in [-0.3, -0.25) is 4.57 Å². The standard InChI is InChI=1S/C14H14BrClN4/c1-8-10(15)5-4-6-11(8)20-12(7-16)17-13-9(2)18-19(3)14(13)20/h4-6H,7H2,1-3H3. The molecule has 3 aromatic rings. The summed E-state index contributed by atoms with van der Waals surface area (Å²) in [6, 6.07) is 6.11. The SMILES string of the molecule is Cc1c(Br)cccc1-n1c(CCl)nc2c(C)nn(C)c21. The van der Waals surface area contributed by atoms with E-state index in [1.807, 2.05) is 30.8 Å². The number of hydrogen-bond donors (Lipinski definition) is 0. The van der Waals surface area contributed by atoms with Gasteiger partial charge in [0.2, 0.25) is 0 Å². The first kappa shape index (κ1) is 13.6. The molecular weight excluding hydrogens is 340 g/mol. The second kappa shape index (κ2) is 4.90. The normalized spacial score (nSPS) is 11.4. The average molecular weight is 354 g/mol. The minimum Gasteiger partial charge on any atom is -0.280 e. The van der Waals surface area contributed by atoms with E-state index in [0.717, 1.165) is 38.4 Å². The van der Waals surface area contributed by atoms with Crippen molar-refractivity contribution in [1.82, 2.24) is 19.3 Å². The molecule has 0 aliphatic carbocycles. The van der Waals surface area contributed by atoms with Crippen LogP contribution in [-0.4, -0.2) is 19.3 Å². The van der Waals surface area contributed by atoms with E-state index in [9.17, 15) is 0 Å². The number of rotatable bonds is 2. The minimum absolute atomic E-state index is 0.361. The Balaban J connectivity index is 2.43. The molecule has 0 N–H and O–H groups in total. The molecule has 0 fully saturated rings. The van der Waals surface area contributed by atoms with Crippen LogP contribution < -0.4 is 0 Å². The zero-order valence-electron chi connectivity index (χ0n) is 11.5. The molecule has 20 heavy (non-hydrogen) atoms. The summed E-state index contributed by atoms with van der Waals surface area (Å²) in [7, 11) is 1.93. The van der Waals surface area contributed by atoms with Crippen LogP contribution in [0.2, 0.25) is 0 Å². The van der Waals surface area contributed by atoms with Crippen LogP contribution >= 0.6 is 27.5 Å². The lowest BCUT2D eigenvalue weighted by atomic mass is 10.2. The molecule has 0 spiro atoms. The van der Waals surface area contributed by atoms with Crippen LogP contribution in [0.25, 0.3) is 16.9 Å². The number of nitrogens with zero attached hydrogens (tertiary/aromatic N) is 4. The lowest BCUT2D eigenvalue weighted by molar-refractivity contribution is 0.754. The monoisotopic (exact) mass is 352 g/mol. The molecule has 0 unspecified atom stereocenters. The van der Waals surface area contributed by atoms with E-state index in [-0.39, 0.29) is 0 Å². The van der Waals surface area contributed by atoms with Crippen LogP contribution in [0.1, 0.15) is 17.1 Å². The maximum atomic E-state index is 6.08. The summed E-state index contributed by atoms with van der Waals surface area (Å²) in [5.41, 5.74) is 5.01. The number of imidazole rings is 1. The molecule has 4 nitrogen and oxygen atoms in total. The quantitative estimate of drug-likeness (QED) is 0.656. The minimum atomic E-state index is 0.361. The van der Waals surface area contributed by atoms with Crippen molar-refractivity contribution in [2.75, 3.05) is 0 Å². The molecule has 0 bridgehead atoms. The van der Waals surface area contributed by atoms with E-state index < -0.39 is 0 Å². The fraction of sp³-hybridized carbons (Fsp3) is 0.286. The molecule has 0 aliphatic heterocycles. The van der Waals surface area contributed by atoms with E-state index in [1.165, 1.54) is 0 Å². The van der Waals surface area contributed by atoms with E-state index in [0.29, 0.717) is 5.88 Å². The number of benzene rings is 1. The van der Waals surface area contributed by atoms with Gasteiger partial charge in [-0.05, 0) is 31.5 Å². The number of halogens is 2. The van der Waals surface area contributed by atoms with Crippen molar-refractivity contribution in [2.45, 2.75) is 19.7 Å². The summed E-state index contributed by atoms with van der Waals surface area (Å²) in [5, 5.41) is 4.44. The summed E-state index contributed by atoms with van der Waals surface area (Å²) < 4.78 is 5.01. The molecule has 0 radical (unpaired) electrons. The van der Waals surface area contributed by atoms with Gasteiger partial charge in [-0.25, -0.2) is 9.67 Å². The maximum Gasteiger partial charge on any atom is 0.163 e. The predicted molar refractivity (Wildman–Crippen MR) is 84.6 cm³/mol. The molecule has 2 heterocycles. The lowest BCUT2D eigenvalue weighted by Gasteiger charge is -2.12. The van der Waals surface area contributed by atoms with E-state index in [2.05, 4.69) is 43.6 Å². The van der Waals surface area contributed by atoms with Crippen LogP contribution in [0.15, 0.2) is 22.7 Å². The zero-order valence-corrected chi connectivity index (χ0v) is 13.8. The molecule has 0 aliphatic rings. The van der Waals surface area contributed by atoms with Crippen molar-refractivity contribution in [2.24, 2.45) is 7.05 Å². The lowest BCUT2D eigenvalue weighted by Crippen LogP contribution is -2.06. The highest BCUT2D eigenvalue weighted by Gasteiger charge is 2.19. The highest BCUT2D eigenvalue weighted by atomic mass is 79.9. The third-order valence-electron chi connectivity index (χ3n) is 3.47. The number of aryl methyl sites for hydroxylation is 2. The highest BCUT2D eigenvalue weighted by molar-refractivity contribution is 9.10. The van der Waals surface area contributed by atoms with Gasteiger partial charge < -0.3 is 0 Å². The van der Waals surface area contributed by atoms with Crippen LogP contribution in [0.4, 0.5) is 0 Å². The van der Waals surface area contributed by atoms with Crippen LogP contribution in [0, 0.1) is 13.8 Å². The Labute approximate surface area is 130 Å². The average Bonchev–Trinajstić information content (AvgIpc) is 2.92. The number of fused-ring (bicyclic) bond motifs is 1. The van der Waals surface area contributed by atoms with Gasteiger partial charge in [-0.1, -0.05) is 22.0 Å². The summed E-state index contributed by atoms with van der Waals surface area (Å²) in [5.74, 6) is 1.19. The molecule has 0 atom stereocenters. The Morgan fingerprint density at radius 2 is 2.05 bits per heavy atom. The van der Waals surface area contributed by atoms with Crippen LogP contribution in [0.3, 0.4) is 0 Å². The Kier molecular flexibility index (Phi) is 3.34.